The number of para-hydroxylation sites is 1. The van der Waals surface area contributed by atoms with Gasteiger partial charge in [-0.2, -0.15) is 9.64 Å². The molecule has 0 bridgehead atoms. The number of rotatable bonds is 4. The molecule has 0 saturated heterocycles. The molecule has 0 aliphatic carbocycles. The van der Waals surface area contributed by atoms with Crippen molar-refractivity contribution in [2.45, 2.75) is 6.92 Å². The molecule has 21 heavy (non-hydrogen) atoms. The first-order chi connectivity index (χ1) is 10.0. The first-order valence-electron chi connectivity index (χ1n) is 6.14. The molecule has 1 heterocycles. The third-order valence-electron chi connectivity index (χ3n) is 2.83. The first-order valence-corrected chi connectivity index (χ1v) is 7.30. The highest BCUT2D eigenvalue weighted by Gasteiger charge is 2.16. The first kappa shape index (κ1) is 15.3. The number of hydrogen-bond donors (Lipinski definition) is 1. The van der Waals surface area contributed by atoms with Crippen molar-refractivity contribution in [3.63, 3.8) is 0 Å². The van der Waals surface area contributed by atoms with Gasteiger partial charge in [-0.3, -0.25) is 4.79 Å². The molecule has 108 valence electrons. The van der Waals surface area contributed by atoms with Gasteiger partial charge in [-0.15, -0.1) is 0 Å². The van der Waals surface area contributed by atoms with Crippen LogP contribution in [-0.4, -0.2) is 23.9 Å². The fraction of sp³-hybridized carbons (Fsp3) is 0.214. The van der Waals surface area contributed by atoms with Gasteiger partial charge in [-0.25, -0.2) is 0 Å². The van der Waals surface area contributed by atoms with E-state index in [1.54, 1.807) is 43.1 Å². The summed E-state index contributed by atoms with van der Waals surface area (Å²) in [6.45, 7) is 1.89. The van der Waals surface area contributed by atoms with Crippen LogP contribution < -0.4 is 10.2 Å². The van der Waals surface area contributed by atoms with Crippen molar-refractivity contribution >= 4 is 39.7 Å². The Morgan fingerprint density at radius 2 is 2.24 bits per heavy atom. The van der Waals surface area contributed by atoms with Crippen LogP contribution in [-0.2, 0) is 4.79 Å². The Hall–Kier alpha value is -2.10. The predicted molar refractivity (Wildman–Crippen MR) is 84.9 cm³/mol. The molecule has 0 unspecified atom stereocenters. The van der Waals surface area contributed by atoms with Crippen LogP contribution in [0, 0.1) is 18.3 Å². The molecular weight excluding hydrogens is 308 g/mol. The number of aromatic nitrogens is 1. The number of likely N-dealkylation sites (N-methyl/N-ethyl adjacent to an activating group) is 1. The monoisotopic (exact) mass is 320 g/mol. The summed E-state index contributed by atoms with van der Waals surface area (Å²) in [7, 11) is 1.75. The second kappa shape index (κ2) is 6.57. The van der Waals surface area contributed by atoms with Gasteiger partial charge < -0.3 is 10.2 Å². The van der Waals surface area contributed by atoms with E-state index in [2.05, 4.69) is 15.8 Å². The summed E-state index contributed by atoms with van der Waals surface area (Å²) in [6, 6.07) is 9.15. The predicted octanol–water partition coefficient (Wildman–Crippen LogP) is 3.05. The van der Waals surface area contributed by atoms with Crippen molar-refractivity contribution in [2.24, 2.45) is 0 Å². The molecule has 0 fully saturated rings. The molecule has 1 amide bonds. The lowest BCUT2D eigenvalue weighted by Gasteiger charge is -2.17. The van der Waals surface area contributed by atoms with Crippen molar-refractivity contribution in [3.8, 4) is 6.07 Å². The van der Waals surface area contributed by atoms with Crippen LogP contribution in [0.15, 0.2) is 24.3 Å². The average Bonchev–Trinajstić information content (AvgIpc) is 2.82. The molecule has 1 aromatic carbocycles. The van der Waals surface area contributed by atoms with Crippen molar-refractivity contribution < 1.29 is 4.79 Å². The quantitative estimate of drug-likeness (QED) is 0.940. The molecule has 0 spiro atoms. The van der Waals surface area contributed by atoms with Crippen LogP contribution in [0.4, 0.5) is 10.7 Å². The Balaban J connectivity index is 2.06. The highest BCUT2D eigenvalue weighted by atomic mass is 35.5. The van der Waals surface area contributed by atoms with E-state index >= 15 is 0 Å². The van der Waals surface area contributed by atoms with Gasteiger partial charge >= 0.3 is 0 Å². The summed E-state index contributed by atoms with van der Waals surface area (Å²) < 4.78 is 4.14. The van der Waals surface area contributed by atoms with Gasteiger partial charge in [0, 0.05) is 7.05 Å². The zero-order valence-electron chi connectivity index (χ0n) is 11.6. The number of nitriles is 1. The average molecular weight is 321 g/mol. The van der Waals surface area contributed by atoms with Crippen LogP contribution in [0.5, 0.6) is 0 Å². The lowest BCUT2D eigenvalue weighted by atomic mass is 10.2. The van der Waals surface area contributed by atoms with E-state index in [1.807, 2.05) is 0 Å². The highest BCUT2D eigenvalue weighted by molar-refractivity contribution is 7.10. The number of hydrogen-bond acceptors (Lipinski definition) is 5. The lowest BCUT2D eigenvalue weighted by molar-refractivity contribution is -0.114. The minimum atomic E-state index is -0.208. The molecule has 2 aromatic rings. The Morgan fingerprint density at radius 1 is 1.52 bits per heavy atom. The third-order valence-corrected chi connectivity index (χ3v) is 4.22. The van der Waals surface area contributed by atoms with Gasteiger partial charge in [-0.05, 0) is 30.6 Å². The van der Waals surface area contributed by atoms with Crippen molar-refractivity contribution in [1.29, 1.82) is 5.26 Å². The molecule has 0 aliphatic rings. The van der Waals surface area contributed by atoms with Crippen LogP contribution >= 0.6 is 23.1 Å². The van der Waals surface area contributed by atoms with E-state index in [1.165, 1.54) is 11.5 Å². The van der Waals surface area contributed by atoms with E-state index in [9.17, 15) is 4.79 Å². The number of carbonyl (C=O) groups is 1. The number of nitrogens with one attached hydrogen (secondary N) is 1. The third kappa shape index (κ3) is 3.51. The maximum atomic E-state index is 12.0. The minimum absolute atomic E-state index is 0.113. The number of halogens is 1. The number of aryl methyl sites for hydroxylation is 1. The zero-order valence-corrected chi connectivity index (χ0v) is 13.1. The normalized spacial score (nSPS) is 10.0. The summed E-state index contributed by atoms with van der Waals surface area (Å²) in [6.07, 6.45) is 0. The van der Waals surface area contributed by atoms with Gasteiger partial charge in [0.25, 0.3) is 0 Å². The van der Waals surface area contributed by atoms with Gasteiger partial charge in [0.15, 0.2) is 0 Å². The fourth-order valence-corrected chi connectivity index (χ4v) is 2.77. The van der Waals surface area contributed by atoms with Gasteiger partial charge in [0.1, 0.15) is 16.6 Å². The molecule has 0 atom stereocenters. The van der Waals surface area contributed by atoms with Gasteiger partial charge in [0.2, 0.25) is 5.91 Å². The molecule has 5 nitrogen and oxygen atoms in total. The number of benzene rings is 1. The molecule has 1 N–H and O–H groups in total. The molecule has 0 aliphatic heterocycles. The van der Waals surface area contributed by atoms with Crippen LogP contribution in [0.25, 0.3) is 0 Å². The van der Waals surface area contributed by atoms with Crippen molar-refractivity contribution in [3.05, 3.63) is 40.5 Å². The molecule has 0 saturated carbocycles. The summed E-state index contributed by atoms with van der Waals surface area (Å²) in [5, 5.41) is 13.0. The minimum Gasteiger partial charge on any atom is -0.355 e. The number of amides is 1. The van der Waals surface area contributed by atoms with Crippen LogP contribution in [0.2, 0.25) is 5.02 Å². The van der Waals surface area contributed by atoms with Crippen molar-refractivity contribution in [1.82, 2.24) is 4.37 Å². The van der Waals surface area contributed by atoms with Crippen LogP contribution in [0.1, 0.15) is 11.3 Å². The molecule has 7 heteroatoms. The highest BCUT2D eigenvalue weighted by Crippen LogP contribution is 2.27. The SMILES string of the molecule is Cc1nsc(N(C)CC(=O)Nc2ccccc2Cl)c1C#N. The Bertz CT molecular complexity index is 707. The van der Waals surface area contributed by atoms with E-state index in [-0.39, 0.29) is 12.5 Å². The summed E-state index contributed by atoms with van der Waals surface area (Å²) >= 11 is 7.20. The largest absolute Gasteiger partial charge is 0.355 e. The smallest absolute Gasteiger partial charge is 0.243 e. The number of carbonyl (C=O) groups excluding carboxylic acids is 1. The van der Waals surface area contributed by atoms with Crippen LogP contribution in [0.3, 0.4) is 0 Å². The summed E-state index contributed by atoms with van der Waals surface area (Å²) in [5.41, 5.74) is 1.75. The maximum absolute atomic E-state index is 12.0. The lowest BCUT2D eigenvalue weighted by Crippen LogP contribution is -2.30. The maximum Gasteiger partial charge on any atom is 0.243 e. The molecule has 1 aromatic heterocycles. The second-order valence-corrected chi connectivity index (χ2v) is 5.60. The molecular formula is C14H13ClN4OS. The van der Waals surface area contributed by atoms with E-state index in [0.29, 0.717) is 27.0 Å². The Labute approximate surface area is 131 Å². The Kier molecular flexibility index (Phi) is 4.78. The van der Waals surface area contributed by atoms with E-state index < -0.39 is 0 Å². The topological polar surface area (TPSA) is 69.0 Å². The molecule has 0 radical (unpaired) electrons. The molecule has 2 rings (SSSR count). The zero-order chi connectivity index (χ0) is 15.4. The number of anilines is 2. The van der Waals surface area contributed by atoms with E-state index in [4.69, 9.17) is 16.9 Å². The fourth-order valence-electron chi connectivity index (χ4n) is 1.79. The van der Waals surface area contributed by atoms with Gasteiger partial charge in [0.05, 0.1) is 22.9 Å². The van der Waals surface area contributed by atoms with Crippen molar-refractivity contribution in [2.75, 3.05) is 23.8 Å². The van der Waals surface area contributed by atoms with Gasteiger partial charge in [-0.1, -0.05) is 23.7 Å². The Morgan fingerprint density at radius 3 is 2.90 bits per heavy atom. The standard InChI is InChI=1S/C14H13ClN4OS/c1-9-10(7-16)14(21-18-9)19(2)8-13(20)17-12-6-4-3-5-11(12)15/h3-6H,8H2,1-2H3,(H,17,20). The number of nitrogens with zero attached hydrogens (tertiary/aromatic N) is 3. The second-order valence-electron chi connectivity index (χ2n) is 4.44. The summed E-state index contributed by atoms with van der Waals surface area (Å²) in [5.74, 6) is -0.208. The van der Waals surface area contributed by atoms with E-state index in [0.717, 1.165) is 0 Å². The summed E-state index contributed by atoms with van der Waals surface area (Å²) in [4.78, 5) is 13.7.